The summed E-state index contributed by atoms with van der Waals surface area (Å²) in [6.45, 7) is 5.74. The van der Waals surface area contributed by atoms with Crippen LogP contribution < -0.4 is 4.74 Å². The molecule has 0 spiro atoms. The number of benzene rings is 1. The molecule has 0 aliphatic carbocycles. The first-order chi connectivity index (χ1) is 7.54. The molecule has 0 aromatic heterocycles. The molecule has 0 unspecified atom stereocenters. The summed E-state index contributed by atoms with van der Waals surface area (Å²) >= 11 is 0. The molecule has 0 saturated heterocycles. The maximum absolute atomic E-state index is 13.4. The van der Waals surface area contributed by atoms with E-state index in [0.29, 0.717) is 17.7 Å². The van der Waals surface area contributed by atoms with Crippen LogP contribution in [0.1, 0.15) is 18.9 Å². The largest absolute Gasteiger partial charge is 0.491 e. The van der Waals surface area contributed by atoms with Crippen LogP contribution in [0.15, 0.2) is 24.8 Å². The van der Waals surface area contributed by atoms with Gasteiger partial charge in [-0.25, -0.2) is 4.39 Å². The Balaban J connectivity index is 2.88. The van der Waals surface area contributed by atoms with E-state index in [1.807, 2.05) is 0 Å². The van der Waals surface area contributed by atoms with Crippen LogP contribution in [0, 0.1) is 5.82 Å². The Bertz CT molecular complexity index is 413. The number of halogens is 1. The van der Waals surface area contributed by atoms with Gasteiger partial charge in [0.2, 0.25) is 0 Å². The first kappa shape index (κ1) is 12.2. The van der Waals surface area contributed by atoms with Crippen molar-refractivity contribution in [3.63, 3.8) is 0 Å². The van der Waals surface area contributed by atoms with Gasteiger partial charge in [-0.3, -0.25) is 4.79 Å². The van der Waals surface area contributed by atoms with E-state index in [4.69, 9.17) is 9.84 Å². The molecule has 0 aliphatic heterocycles. The second kappa shape index (κ2) is 5.30. The summed E-state index contributed by atoms with van der Waals surface area (Å²) in [6.07, 6.45) is -0.201. The van der Waals surface area contributed by atoms with E-state index in [1.54, 1.807) is 13.0 Å². The van der Waals surface area contributed by atoms with Crippen molar-refractivity contribution in [2.75, 3.05) is 6.61 Å². The van der Waals surface area contributed by atoms with Gasteiger partial charge in [-0.1, -0.05) is 12.6 Å². The first-order valence-electron chi connectivity index (χ1n) is 4.87. The smallest absolute Gasteiger partial charge is 0.307 e. The van der Waals surface area contributed by atoms with Gasteiger partial charge in [0.15, 0.2) is 11.6 Å². The van der Waals surface area contributed by atoms with Gasteiger partial charge in [0, 0.05) is 0 Å². The van der Waals surface area contributed by atoms with E-state index in [0.717, 1.165) is 0 Å². The van der Waals surface area contributed by atoms with Gasteiger partial charge in [0.25, 0.3) is 0 Å². The predicted molar refractivity (Wildman–Crippen MR) is 58.9 cm³/mol. The Hall–Kier alpha value is -1.84. The summed E-state index contributed by atoms with van der Waals surface area (Å²) in [5.41, 5.74) is 0.845. The molecule has 1 rings (SSSR count). The van der Waals surface area contributed by atoms with Crippen molar-refractivity contribution in [1.29, 1.82) is 0 Å². The van der Waals surface area contributed by atoms with Gasteiger partial charge >= 0.3 is 5.97 Å². The number of ether oxygens (including phenoxy) is 1. The molecule has 1 aromatic rings. The number of carbonyl (C=O) groups is 1. The minimum absolute atomic E-state index is 0.161. The van der Waals surface area contributed by atoms with Crippen LogP contribution >= 0.6 is 0 Å². The monoisotopic (exact) mass is 224 g/mol. The van der Waals surface area contributed by atoms with Crippen molar-refractivity contribution in [2.24, 2.45) is 0 Å². The van der Waals surface area contributed by atoms with Gasteiger partial charge in [0.05, 0.1) is 13.0 Å². The predicted octanol–water partition coefficient (Wildman–Crippen LogP) is 2.71. The number of hydrogen-bond donors (Lipinski definition) is 1. The topological polar surface area (TPSA) is 46.5 Å². The molecule has 1 N–H and O–H groups in total. The highest BCUT2D eigenvalue weighted by atomic mass is 19.1. The maximum atomic E-state index is 13.4. The number of rotatable bonds is 5. The molecule has 0 heterocycles. The lowest BCUT2D eigenvalue weighted by Crippen LogP contribution is -1.98. The Labute approximate surface area is 93.2 Å². The SMILES string of the molecule is C=C(CC(=O)O)c1ccc(OCC)c(F)c1. The van der Waals surface area contributed by atoms with Crippen molar-refractivity contribution < 1.29 is 19.0 Å². The third-order valence-corrected chi connectivity index (χ3v) is 2.00. The lowest BCUT2D eigenvalue weighted by molar-refractivity contribution is -0.135. The Kier molecular flexibility index (Phi) is 4.05. The fourth-order valence-electron chi connectivity index (χ4n) is 1.28. The van der Waals surface area contributed by atoms with Crippen LogP contribution in [0.4, 0.5) is 4.39 Å². The van der Waals surface area contributed by atoms with Gasteiger partial charge in [0.1, 0.15) is 0 Å². The summed E-state index contributed by atoms with van der Waals surface area (Å²) in [5, 5.41) is 8.57. The molecule has 86 valence electrons. The van der Waals surface area contributed by atoms with Crippen molar-refractivity contribution in [3.8, 4) is 5.75 Å². The summed E-state index contributed by atoms with van der Waals surface area (Å²) < 4.78 is 18.5. The van der Waals surface area contributed by atoms with E-state index >= 15 is 0 Å². The molecule has 0 radical (unpaired) electrons. The zero-order valence-corrected chi connectivity index (χ0v) is 9.00. The van der Waals surface area contributed by atoms with Gasteiger partial charge < -0.3 is 9.84 Å². The summed E-state index contributed by atoms with van der Waals surface area (Å²) in [4.78, 5) is 10.5. The third-order valence-electron chi connectivity index (χ3n) is 2.00. The van der Waals surface area contributed by atoms with Crippen LogP contribution in [0.2, 0.25) is 0 Å². The average molecular weight is 224 g/mol. The summed E-state index contributed by atoms with van der Waals surface area (Å²) in [6, 6.07) is 4.30. The van der Waals surface area contributed by atoms with Gasteiger partial charge in [-0.2, -0.15) is 0 Å². The lowest BCUT2D eigenvalue weighted by Gasteiger charge is -2.07. The van der Waals surface area contributed by atoms with E-state index in [-0.39, 0.29) is 12.2 Å². The maximum Gasteiger partial charge on any atom is 0.307 e. The number of carboxylic acids is 1. The molecule has 3 nitrogen and oxygen atoms in total. The molecular weight excluding hydrogens is 211 g/mol. The van der Waals surface area contributed by atoms with Crippen molar-refractivity contribution in [3.05, 3.63) is 36.2 Å². The summed E-state index contributed by atoms with van der Waals surface area (Å²) in [7, 11) is 0. The number of hydrogen-bond acceptors (Lipinski definition) is 2. The quantitative estimate of drug-likeness (QED) is 0.836. The van der Waals surface area contributed by atoms with Gasteiger partial charge in [-0.15, -0.1) is 0 Å². The lowest BCUT2D eigenvalue weighted by atomic mass is 10.0. The molecule has 0 saturated carbocycles. The second-order valence-corrected chi connectivity index (χ2v) is 3.25. The normalized spacial score (nSPS) is 9.88. The zero-order valence-electron chi connectivity index (χ0n) is 9.00. The highest BCUT2D eigenvalue weighted by Gasteiger charge is 2.08. The molecule has 0 atom stereocenters. The molecule has 0 amide bonds. The molecule has 16 heavy (non-hydrogen) atoms. The second-order valence-electron chi connectivity index (χ2n) is 3.25. The molecular formula is C12H13FO3. The standard InChI is InChI=1S/C12H13FO3/c1-3-16-11-5-4-9(7-10(11)13)8(2)6-12(14)15/h4-5,7H,2-3,6H2,1H3,(H,14,15). The third kappa shape index (κ3) is 3.08. The molecule has 0 aliphatic rings. The van der Waals surface area contributed by atoms with Crippen LogP contribution in [-0.4, -0.2) is 17.7 Å². The Morgan fingerprint density at radius 1 is 1.56 bits per heavy atom. The Morgan fingerprint density at radius 2 is 2.25 bits per heavy atom. The van der Waals surface area contributed by atoms with Crippen molar-refractivity contribution in [1.82, 2.24) is 0 Å². The highest BCUT2D eigenvalue weighted by Crippen LogP contribution is 2.23. The van der Waals surface area contributed by atoms with E-state index in [1.165, 1.54) is 12.1 Å². The minimum atomic E-state index is -0.987. The van der Waals surface area contributed by atoms with Gasteiger partial charge in [-0.05, 0) is 30.2 Å². The van der Waals surface area contributed by atoms with E-state index in [9.17, 15) is 9.18 Å². The van der Waals surface area contributed by atoms with E-state index < -0.39 is 11.8 Å². The van der Waals surface area contributed by atoms with Crippen LogP contribution in [0.25, 0.3) is 5.57 Å². The van der Waals surface area contributed by atoms with Crippen LogP contribution in [-0.2, 0) is 4.79 Å². The zero-order chi connectivity index (χ0) is 12.1. The number of carboxylic acid groups (broad SMARTS) is 1. The fraction of sp³-hybridized carbons (Fsp3) is 0.250. The molecule has 0 fully saturated rings. The highest BCUT2D eigenvalue weighted by molar-refractivity contribution is 5.83. The molecule has 1 aromatic carbocycles. The number of aliphatic carboxylic acids is 1. The minimum Gasteiger partial charge on any atom is -0.491 e. The van der Waals surface area contributed by atoms with Crippen LogP contribution in [0.5, 0.6) is 5.75 Å². The fourth-order valence-corrected chi connectivity index (χ4v) is 1.28. The summed E-state index contributed by atoms with van der Waals surface area (Å²) in [5.74, 6) is -1.33. The first-order valence-corrected chi connectivity index (χ1v) is 4.87. The average Bonchev–Trinajstić information content (AvgIpc) is 2.20. The molecule has 4 heteroatoms. The van der Waals surface area contributed by atoms with Crippen LogP contribution in [0.3, 0.4) is 0 Å². The Morgan fingerprint density at radius 3 is 2.75 bits per heavy atom. The molecule has 0 bridgehead atoms. The van der Waals surface area contributed by atoms with Crippen molar-refractivity contribution in [2.45, 2.75) is 13.3 Å². The van der Waals surface area contributed by atoms with Crippen molar-refractivity contribution >= 4 is 11.5 Å². The van der Waals surface area contributed by atoms with E-state index in [2.05, 4.69) is 6.58 Å².